The van der Waals surface area contributed by atoms with Crippen LogP contribution in [0.3, 0.4) is 0 Å². The number of rotatable bonds is 4. The van der Waals surface area contributed by atoms with Crippen LogP contribution in [-0.2, 0) is 0 Å². The van der Waals surface area contributed by atoms with Crippen molar-refractivity contribution in [1.82, 2.24) is 15.2 Å². The zero-order valence-corrected chi connectivity index (χ0v) is 20.0. The Morgan fingerprint density at radius 1 is 1.10 bits per heavy atom. The number of furan rings is 1. The van der Waals surface area contributed by atoms with Gasteiger partial charge in [0.05, 0.1) is 11.7 Å². The van der Waals surface area contributed by atoms with E-state index in [1.807, 2.05) is 18.3 Å². The lowest BCUT2D eigenvalue weighted by atomic mass is 9.92. The molecule has 0 radical (unpaired) electrons. The van der Waals surface area contributed by atoms with Gasteiger partial charge in [-0.05, 0) is 73.9 Å². The first-order chi connectivity index (χ1) is 15.1. The summed E-state index contributed by atoms with van der Waals surface area (Å²) in [5, 5.41) is 4.37. The van der Waals surface area contributed by atoms with Crippen LogP contribution < -0.4 is 5.32 Å². The van der Waals surface area contributed by atoms with Gasteiger partial charge < -0.3 is 14.6 Å². The minimum Gasteiger partial charge on any atom is -0.459 e. The van der Waals surface area contributed by atoms with E-state index in [1.165, 1.54) is 37.7 Å². The summed E-state index contributed by atoms with van der Waals surface area (Å²) in [5.41, 5.74) is 3.26. The Morgan fingerprint density at radius 3 is 2.68 bits per heavy atom. The SMILES string of the molecule is Cc1ccc(-c2ccc(C3C(c4ccccn4)NC(=S)N3C3CCCCC3)o2)c(Br)c1. The highest BCUT2D eigenvalue weighted by molar-refractivity contribution is 9.10. The third-order valence-electron chi connectivity index (χ3n) is 6.41. The molecular weight excluding hydrogens is 470 g/mol. The molecule has 6 heteroatoms. The molecule has 0 spiro atoms. The molecule has 1 aliphatic carbocycles. The molecule has 2 unspecified atom stereocenters. The lowest BCUT2D eigenvalue weighted by Crippen LogP contribution is -2.40. The van der Waals surface area contributed by atoms with Crippen LogP contribution in [0.5, 0.6) is 0 Å². The van der Waals surface area contributed by atoms with E-state index in [1.54, 1.807) is 0 Å². The maximum atomic E-state index is 6.50. The molecule has 3 aromatic rings. The quantitative estimate of drug-likeness (QED) is 0.406. The van der Waals surface area contributed by atoms with Crippen molar-refractivity contribution in [2.75, 3.05) is 0 Å². The summed E-state index contributed by atoms with van der Waals surface area (Å²) < 4.78 is 7.54. The van der Waals surface area contributed by atoms with Gasteiger partial charge in [0.25, 0.3) is 0 Å². The number of thiocarbonyl (C=S) groups is 1. The van der Waals surface area contributed by atoms with Crippen molar-refractivity contribution in [2.24, 2.45) is 0 Å². The monoisotopic (exact) mass is 495 g/mol. The number of nitrogens with one attached hydrogen (secondary N) is 1. The molecule has 1 aromatic carbocycles. The van der Waals surface area contributed by atoms with Crippen molar-refractivity contribution >= 4 is 33.3 Å². The van der Waals surface area contributed by atoms with Crippen LogP contribution in [0.25, 0.3) is 11.3 Å². The summed E-state index contributed by atoms with van der Waals surface area (Å²) in [6.07, 6.45) is 8.01. The number of aryl methyl sites for hydroxylation is 1. The van der Waals surface area contributed by atoms with E-state index in [9.17, 15) is 0 Å². The number of benzene rings is 1. The van der Waals surface area contributed by atoms with Gasteiger partial charge in [0.2, 0.25) is 0 Å². The van der Waals surface area contributed by atoms with E-state index in [0.29, 0.717) is 6.04 Å². The van der Waals surface area contributed by atoms with Gasteiger partial charge in [-0.2, -0.15) is 0 Å². The molecule has 160 valence electrons. The van der Waals surface area contributed by atoms with Crippen LogP contribution in [0.15, 0.2) is 63.6 Å². The Hall–Kier alpha value is -2.18. The second-order valence-corrected chi connectivity index (χ2v) is 9.75. The van der Waals surface area contributed by atoms with Crippen molar-refractivity contribution in [3.8, 4) is 11.3 Å². The molecule has 1 saturated carbocycles. The molecule has 1 saturated heterocycles. The zero-order valence-electron chi connectivity index (χ0n) is 17.6. The third kappa shape index (κ3) is 4.03. The summed E-state index contributed by atoms with van der Waals surface area (Å²) >= 11 is 9.54. The van der Waals surface area contributed by atoms with Crippen molar-refractivity contribution in [1.29, 1.82) is 0 Å². The Morgan fingerprint density at radius 2 is 1.94 bits per heavy atom. The topological polar surface area (TPSA) is 41.3 Å². The van der Waals surface area contributed by atoms with Gasteiger partial charge in [0.15, 0.2) is 5.11 Å². The standard InChI is InChI=1S/C25H26BrN3OS/c1-16-10-11-18(19(26)15-16)21-12-13-22(30-21)24-23(20-9-5-6-14-27-20)28-25(31)29(24)17-7-3-2-4-8-17/h5-6,9-15,17,23-24H,2-4,7-8H2,1H3,(H,28,31). The fourth-order valence-corrected chi connectivity index (χ4v) is 5.98. The highest BCUT2D eigenvalue weighted by Gasteiger charge is 2.44. The molecule has 2 aromatic heterocycles. The summed E-state index contributed by atoms with van der Waals surface area (Å²) in [6, 6.07) is 17.0. The van der Waals surface area contributed by atoms with Gasteiger partial charge in [-0.25, -0.2) is 0 Å². The summed E-state index contributed by atoms with van der Waals surface area (Å²) in [4.78, 5) is 7.03. The number of pyridine rings is 1. The average Bonchev–Trinajstić information content (AvgIpc) is 3.39. The van der Waals surface area contributed by atoms with Crippen LogP contribution in [0.1, 0.15) is 61.2 Å². The number of hydrogen-bond donors (Lipinski definition) is 1. The van der Waals surface area contributed by atoms with Crippen molar-refractivity contribution < 1.29 is 4.42 Å². The molecule has 4 nitrogen and oxygen atoms in total. The number of aromatic nitrogens is 1. The highest BCUT2D eigenvalue weighted by atomic mass is 79.9. The largest absolute Gasteiger partial charge is 0.459 e. The van der Waals surface area contributed by atoms with Gasteiger partial charge in [0.1, 0.15) is 17.6 Å². The van der Waals surface area contributed by atoms with Crippen molar-refractivity contribution in [2.45, 2.75) is 57.2 Å². The smallest absolute Gasteiger partial charge is 0.170 e. The number of nitrogens with zero attached hydrogens (tertiary/aromatic N) is 2. The number of hydrogen-bond acceptors (Lipinski definition) is 3. The lowest BCUT2D eigenvalue weighted by molar-refractivity contribution is 0.179. The Labute approximate surface area is 197 Å². The normalized spacial score (nSPS) is 22.0. The Bertz CT molecular complexity index is 1080. The van der Waals surface area contributed by atoms with Gasteiger partial charge in [-0.3, -0.25) is 4.98 Å². The molecule has 3 heterocycles. The first kappa shape index (κ1) is 20.7. The van der Waals surface area contributed by atoms with E-state index < -0.39 is 0 Å². The minimum atomic E-state index is -0.0314. The molecule has 2 aliphatic rings. The van der Waals surface area contributed by atoms with Gasteiger partial charge in [-0.15, -0.1) is 0 Å². The summed E-state index contributed by atoms with van der Waals surface area (Å²) in [7, 11) is 0. The number of halogens is 1. The predicted molar refractivity (Wildman–Crippen MR) is 131 cm³/mol. The fourth-order valence-electron chi connectivity index (χ4n) is 4.90. The first-order valence-corrected chi connectivity index (χ1v) is 12.2. The van der Waals surface area contributed by atoms with E-state index in [0.717, 1.165) is 32.4 Å². The van der Waals surface area contributed by atoms with Crippen molar-refractivity contribution in [3.05, 3.63) is 76.2 Å². The maximum absolute atomic E-state index is 6.50. The summed E-state index contributed by atoms with van der Waals surface area (Å²) in [5.74, 6) is 1.79. The molecule has 2 atom stereocenters. The van der Waals surface area contributed by atoms with E-state index >= 15 is 0 Å². The lowest BCUT2D eigenvalue weighted by Gasteiger charge is -2.36. The molecule has 1 N–H and O–H groups in total. The molecule has 5 rings (SSSR count). The maximum Gasteiger partial charge on any atom is 0.170 e. The Balaban J connectivity index is 1.55. The van der Waals surface area contributed by atoms with Crippen molar-refractivity contribution in [3.63, 3.8) is 0 Å². The molecule has 2 fully saturated rings. The van der Waals surface area contributed by atoms with Crippen LogP contribution in [0, 0.1) is 6.92 Å². The minimum absolute atomic E-state index is 0.0107. The second kappa shape index (κ2) is 8.75. The molecule has 1 aliphatic heterocycles. The Kier molecular flexibility index (Phi) is 5.85. The molecule has 0 bridgehead atoms. The van der Waals surface area contributed by atoms with E-state index in [-0.39, 0.29) is 12.1 Å². The van der Waals surface area contributed by atoms with E-state index in [4.69, 9.17) is 16.6 Å². The van der Waals surface area contributed by atoms with Gasteiger partial charge >= 0.3 is 0 Å². The third-order valence-corrected chi connectivity index (χ3v) is 7.40. The first-order valence-electron chi connectivity index (χ1n) is 11.0. The second-order valence-electron chi connectivity index (χ2n) is 8.51. The molecule has 31 heavy (non-hydrogen) atoms. The predicted octanol–water partition coefficient (Wildman–Crippen LogP) is 6.72. The van der Waals surface area contributed by atoms with E-state index in [2.05, 4.69) is 74.5 Å². The zero-order chi connectivity index (χ0) is 21.4. The van der Waals surface area contributed by atoms with Crippen LogP contribution in [0.4, 0.5) is 0 Å². The summed E-state index contributed by atoms with van der Waals surface area (Å²) in [6.45, 7) is 2.09. The highest BCUT2D eigenvalue weighted by Crippen LogP contribution is 2.44. The molecule has 0 amide bonds. The van der Waals surface area contributed by atoms with Crippen LogP contribution in [0.2, 0.25) is 0 Å². The van der Waals surface area contributed by atoms with Gasteiger partial charge in [-0.1, -0.05) is 47.3 Å². The van der Waals surface area contributed by atoms with Crippen LogP contribution >= 0.6 is 28.1 Å². The molecular formula is C25H26BrN3OS. The van der Waals surface area contributed by atoms with Crippen LogP contribution in [-0.4, -0.2) is 21.0 Å². The van der Waals surface area contributed by atoms with Gasteiger partial charge in [0, 0.05) is 22.3 Å². The average molecular weight is 496 g/mol. The fraction of sp³-hybridized carbons (Fsp3) is 0.360.